The lowest BCUT2D eigenvalue weighted by Crippen LogP contribution is -2.52. The highest BCUT2D eigenvalue weighted by Gasteiger charge is 2.35. The van der Waals surface area contributed by atoms with Crippen molar-refractivity contribution in [3.8, 4) is 11.5 Å². The van der Waals surface area contributed by atoms with Gasteiger partial charge in [0.15, 0.2) is 16.6 Å². The number of hydrogen-bond donors (Lipinski definition) is 1. The van der Waals surface area contributed by atoms with Gasteiger partial charge in [-0.2, -0.15) is 0 Å². The molecule has 0 atom stereocenters. The van der Waals surface area contributed by atoms with Gasteiger partial charge in [-0.25, -0.2) is 4.79 Å². The summed E-state index contributed by atoms with van der Waals surface area (Å²) in [5.74, 6) is -1.09. The van der Waals surface area contributed by atoms with E-state index in [2.05, 4.69) is 15.9 Å². The first-order valence-corrected chi connectivity index (χ1v) is 11.1. The van der Waals surface area contributed by atoms with Crippen LogP contribution in [0.1, 0.15) is 28.4 Å². The summed E-state index contributed by atoms with van der Waals surface area (Å²) in [4.78, 5) is 38.7. The molecule has 0 bridgehead atoms. The van der Waals surface area contributed by atoms with Gasteiger partial charge >= 0.3 is 5.97 Å². The third-order valence-corrected chi connectivity index (χ3v) is 6.14. The molecule has 3 rings (SSSR count). The Labute approximate surface area is 204 Å². The number of nitrogens with zero attached hydrogens (tertiary/aromatic N) is 2. The number of thiocarbonyl (C=S) groups is 1. The molecule has 2 aromatic rings. The minimum absolute atomic E-state index is 0.0241. The van der Waals surface area contributed by atoms with Crippen LogP contribution in [0.4, 0.5) is 0 Å². The third-order valence-electron chi connectivity index (χ3n) is 4.90. The van der Waals surface area contributed by atoms with Gasteiger partial charge in [-0.05, 0) is 60.6 Å². The summed E-state index contributed by atoms with van der Waals surface area (Å²) in [6.07, 6.45) is 1.49. The van der Waals surface area contributed by atoms with Crippen LogP contribution < -0.4 is 9.47 Å². The fourth-order valence-corrected chi connectivity index (χ4v) is 3.68. The molecule has 0 aromatic heterocycles. The van der Waals surface area contributed by atoms with E-state index in [-0.39, 0.29) is 22.9 Å². The topological polar surface area (TPSA) is 96.4 Å². The molecular weight excluding hydrogens is 512 g/mol. The third kappa shape index (κ3) is 5.23. The van der Waals surface area contributed by atoms with Crippen molar-refractivity contribution in [2.24, 2.45) is 0 Å². The van der Waals surface area contributed by atoms with Gasteiger partial charge in [0, 0.05) is 18.6 Å². The van der Waals surface area contributed by atoms with Gasteiger partial charge in [-0.15, -0.1) is 0 Å². The van der Waals surface area contributed by atoms with E-state index in [0.717, 1.165) is 5.56 Å². The van der Waals surface area contributed by atoms with Crippen molar-refractivity contribution in [2.75, 3.05) is 20.7 Å². The van der Waals surface area contributed by atoms with E-state index < -0.39 is 17.8 Å². The van der Waals surface area contributed by atoms with E-state index in [0.29, 0.717) is 28.1 Å². The van der Waals surface area contributed by atoms with Crippen molar-refractivity contribution in [1.29, 1.82) is 0 Å². The number of likely N-dealkylation sites (N-methyl/N-ethyl adjacent to an activating group) is 2. The molecule has 1 fully saturated rings. The van der Waals surface area contributed by atoms with Gasteiger partial charge in [0.25, 0.3) is 11.8 Å². The molecule has 2 aromatic carbocycles. The Balaban J connectivity index is 1.90. The molecule has 1 aliphatic heterocycles. The molecule has 2 amide bonds. The number of carbonyl (C=O) groups is 3. The van der Waals surface area contributed by atoms with E-state index in [1.165, 1.54) is 42.1 Å². The highest BCUT2D eigenvalue weighted by atomic mass is 79.9. The lowest BCUT2D eigenvalue weighted by Gasteiger charge is -2.31. The summed E-state index contributed by atoms with van der Waals surface area (Å²) in [6.45, 7) is 2.39. The van der Waals surface area contributed by atoms with Gasteiger partial charge in [0.1, 0.15) is 12.2 Å². The van der Waals surface area contributed by atoms with Gasteiger partial charge in [-0.1, -0.05) is 28.1 Å². The highest BCUT2D eigenvalue weighted by Crippen LogP contribution is 2.36. The minimum Gasteiger partial charge on any atom is -0.490 e. The predicted molar refractivity (Wildman–Crippen MR) is 129 cm³/mol. The Bertz CT molecular complexity index is 1140. The average Bonchev–Trinajstić information content (AvgIpc) is 2.80. The Kier molecular flexibility index (Phi) is 7.50. The molecule has 172 valence electrons. The second-order valence-corrected chi connectivity index (χ2v) is 8.33. The van der Waals surface area contributed by atoms with Crippen molar-refractivity contribution in [2.45, 2.75) is 13.5 Å². The van der Waals surface area contributed by atoms with Crippen molar-refractivity contribution in [3.63, 3.8) is 0 Å². The number of carboxylic acid groups (broad SMARTS) is 1. The highest BCUT2D eigenvalue weighted by molar-refractivity contribution is 9.10. The van der Waals surface area contributed by atoms with E-state index in [1.54, 1.807) is 24.3 Å². The van der Waals surface area contributed by atoms with Gasteiger partial charge in [0.2, 0.25) is 0 Å². The molecule has 0 spiro atoms. The maximum atomic E-state index is 12.6. The molecule has 8 nitrogen and oxygen atoms in total. The van der Waals surface area contributed by atoms with Crippen molar-refractivity contribution >= 4 is 57.1 Å². The van der Waals surface area contributed by atoms with Gasteiger partial charge in [-0.3, -0.25) is 19.4 Å². The average molecular weight is 533 g/mol. The SMILES string of the molecule is CCOc1cc(C=C2C(=O)N(C)C(=S)N(C)C2=O)c(Br)cc1OCc1ccc(C(=O)O)cc1. The summed E-state index contributed by atoms with van der Waals surface area (Å²) < 4.78 is 12.2. The second kappa shape index (κ2) is 10.1. The second-order valence-electron chi connectivity index (χ2n) is 7.11. The summed E-state index contributed by atoms with van der Waals surface area (Å²) >= 11 is 8.59. The number of benzene rings is 2. The predicted octanol–water partition coefficient (Wildman–Crippen LogP) is 3.72. The number of hydrogen-bond acceptors (Lipinski definition) is 6. The van der Waals surface area contributed by atoms with Crippen molar-refractivity contribution in [3.05, 3.63) is 63.1 Å². The van der Waals surface area contributed by atoms with Crippen LogP contribution in [-0.4, -0.2) is 58.5 Å². The number of ether oxygens (including phenoxy) is 2. The number of halogens is 1. The van der Waals surface area contributed by atoms with Crippen LogP contribution in [-0.2, 0) is 16.2 Å². The van der Waals surface area contributed by atoms with Crippen LogP contribution in [0.3, 0.4) is 0 Å². The van der Waals surface area contributed by atoms with Gasteiger partial charge in [0.05, 0.1) is 12.2 Å². The largest absolute Gasteiger partial charge is 0.490 e. The number of amides is 2. The molecule has 0 unspecified atom stereocenters. The number of carbonyl (C=O) groups excluding carboxylic acids is 2. The van der Waals surface area contributed by atoms with Crippen LogP contribution >= 0.6 is 28.1 Å². The molecule has 0 radical (unpaired) electrons. The maximum Gasteiger partial charge on any atom is 0.335 e. The van der Waals surface area contributed by atoms with Crippen LogP contribution in [0.25, 0.3) is 6.08 Å². The molecule has 10 heteroatoms. The quantitative estimate of drug-likeness (QED) is 0.329. The Morgan fingerprint density at radius 3 is 2.18 bits per heavy atom. The standard InChI is InChI=1S/C23H21BrN2O6S/c1-4-31-18-10-15(9-16-20(27)25(2)23(33)26(3)21(16)28)17(24)11-19(18)32-12-13-5-7-14(8-6-13)22(29)30/h5-11H,4,12H2,1-3H3,(H,29,30). The lowest BCUT2D eigenvalue weighted by atomic mass is 10.1. The van der Waals surface area contributed by atoms with E-state index >= 15 is 0 Å². The van der Waals surface area contributed by atoms with E-state index in [1.807, 2.05) is 6.92 Å². The molecule has 1 saturated heterocycles. The fraction of sp³-hybridized carbons (Fsp3) is 0.217. The van der Waals surface area contributed by atoms with Gasteiger partial charge < -0.3 is 14.6 Å². The monoisotopic (exact) mass is 532 g/mol. The van der Waals surface area contributed by atoms with Crippen molar-refractivity contribution < 1.29 is 29.0 Å². The van der Waals surface area contributed by atoms with Crippen molar-refractivity contribution in [1.82, 2.24) is 9.80 Å². The number of rotatable bonds is 7. The summed E-state index contributed by atoms with van der Waals surface area (Å²) in [5.41, 5.74) is 1.51. The lowest BCUT2D eigenvalue weighted by molar-refractivity contribution is -0.132. The van der Waals surface area contributed by atoms with E-state index in [9.17, 15) is 14.4 Å². The zero-order valence-corrected chi connectivity index (χ0v) is 20.5. The summed E-state index contributed by atoms with van der Waals surface area (Å²) in [5, 5.41) is 9.15. The van der Waals surface area contributed by atoms with Crippen LogP contribution in [0.5, 0.6) is 11.5 Å². The molecular formula is C23H21BrN2O6S. The first kappa shape index (κ1) is 24.4. The maximum absolute atomic E-state index is 12.6. The van der Waals surface area contributed by atoms with Crippen LogP contribution in [0.2, 0.25) is 0 Å². The molecule has 0 saturated carbocycles. The number of aromatic carboxylic acids is 1. The fourth-order valence-electron chi connectivity index (χ4n) is 3.08. The molecule has 1 aliphatic rings. The van der Waals surface area contributed by atoms with Crippen LogP contribution in [0.15, 0.2) is 46.4 Å². The van der Waals surface area contributed by atoms with Crippen LogP contribution in [0, 0.1) is 0 Å². The Morgan fingerprint density at radius 2 is 1.64 bits per heavy atom. The molecule has 1 heterocycles. The smallest absolute Gasteiger partial charge is 0.335 e. The van der Waals surface area contributed by atoms with E-state index in [4.69, 9.17) is 26.8 Å². The summed E-state index contributed by atoms with van der Waals surface area (Å²) in [7, 11) is 3.03. The first-order valence-electron chi connectivity index (χ1n) is 9.87. The zero-order chi connectivity index (χ0) is 24.3. The molecule has 0 aliphatic carbocycles. The molecule has 1 N–H and O–H groups in total. The summed E-state index contributed by atoms with van der Waals surface area (Å²) in [6, 6.07) is 9.74. The zero-order valence-electron chi connectivity index (χ0n) is 18.1. The Hall–Kier alpha value is -3.24. The number of carboxylic acids is 1. The normalized spacial score (nSPS) is 13.9. The minimum atomic E-state index is -0.996. The molecule has 33 heavy (non-hydrogen) atoms. The first-order chi connectivity index (χ1) is 15.6. The Morgan fingerprint density at radius 1 is 1.06 bits per heavy atom.